The van der Waals surface area contributed by atoms with Gasteiger partial charge in [0.1, 0.15) is 0 Å². The molecule has 2 aliphatic heterocycles. The Morgan fingerprint density at radius 2 is 1.95 bits per heavy atom. The van der Waals surface area contributed by atoms with E-state index < -0.39 is 6.29 Å². The van der Waals surface area contributed by atoms with Crippen molar-refractivity contribution in [3.8, 4) is 11.5 Å². The van der Waals surface area contributed by atoms with Gasteiger partial charge in [0.15, 0.2) is 17.8 Å². The first-order chi connectivity index (χ1) is 10.2. The molecule has 0 saturated carbocycles. The largest absolute Gasteiger partial charge is 0.454 e. The van der Waals surface area contributed by atoms with Crippen molar-refractivity contribution in [3.63, 3.8) is 0 Å². The summed E-state index contributed by atoms with van der Waals surface area (Å²) in [5.41, 5.74) is 0.816. The van der Waals surface area contributed by atoms with Crippen molar-refractivity contribution >= 4 is 11.6 Å². The lowest BCUT2D eigenvalue weighted by molar-refractivity contribution is -0.243. The summed E-state index contributed by atoms with van der Waals surface area (Å²) in [4.78, 5) is 0. The molecule has 4 nitrogen and oxygen atoms in total. The Balaban J connectivity index is 1.81. The normalized spacial score (nSPS) is 27.9. The van der Waals surface area contributed by atoms with Crippen molar-refractivity contribution < 1.29 is 18.9 Å². The topological polar surface area (TPSA) is 36.9 Å². The second-order valence-corrected chi connectivity index (χ2v) is 5.93. The Labute approximate surface area is 130 Å². The molecule has 0 radical (unpaired) electrons. The van der Waals surface area contributed by atoms with Gasteiger partial charge in [-0.1, -0.05) is 31.9 Å². The molecule has 0 spiro atoms. The monoisotopic (exact) mass is 312 g/mol. The molecular weight excluding hydrogens is 292 g/mol. The van der Waals surface area contributed by atoms with Crippen LogP contribution in [0, 0.1) is 5.92 Å². The van der Waals surface area contributed by atoms with E-state index >= 15 is 0 Å². The van der Waals surface area contributed by atoms with E-state index in [0.29, 0.717) is 29.0 Å². The van der Waals surface area contributed by atoms with Gasteiger partial charge >= 0.3 is 0 Å². The highest BCUT2D eigenvalue weighted by molar-refractivity contribution is 6.31. The summed E-state index contributed by atoms with van der Waals surface area (Å²) in [5, 5.41) is 0.592. The smallest absolute Gasteiger partial charge is 0.231 e. The van der Waals surface area contributed by atoms with Gasteiger partial charge in [0.2, 0.25) is 6.79 Å². The number of hydrogen-bond acceptors (Lipinski definition) is 4. The highest BCUT2D eigenvalue weighted by Crippen LogP contribution is 2.42. The molecule has 1 aromatic carbocycles. The van der Waals surface area contributed by atoms with Crippen LogP contribution in [0.1, 0.15) is 45.0 Å². The maximum atomic E-state index is 6.34. The molecule has 21 heavy (non-hydrogen) atoms. The van der Waals surface area contributed by atoms with Crippen LogP contribution in [0.25, 0.3) is 0 Å². The molecule has 0 unspecified atom stereocenters. The van der Waals surface area contributed by atoms with E-state index in [2.05, 4.69) is 13.8 Å². The lowest BCUT2D eigenvalue weighted by atomic mass is 9.95. The average Bonchev–Trinajstić information content (AvgIpc) is 2.94. The van der Waals surface area contributed by atoms with Crippen LogP contribution < -0.4 is 9.47 Å². The van der Waals surface area contributed by atoms with E-state index in [1.54, 1.807) is 6.07 Å². The van der Waals surface area contributed by atoms with Crippen LogP contribution in [0.3, 0.4) is 0 Å². The highest BCUT2D eigenvalue weighted by atomic mass is 35.5. The fraction of sp³-hybridized carbons (Fsp3) is 0.625. The van der Waals surface area contributed by atoms with Gasteiger partial charge < -0.3 is 18.9 Å². The van der Waals surface area contributed by atoms with E-state index in [9.17, 15) is 0 Å². The van der Waals surface area contributed by atoms with Crippen molar-refractivity contribution in [2.45, 2.75) is 45.5 Å². The van der Waals surface area contributed by atoms with Crippen LogP contribution in [-0.2, 0) is 9.47 Å². The molecule has 1 saturated heterocycles. The van der Waals surface area contributed by atoms with Crippen LogP contribution >= 0.6 is 11.6 Å². The van der Waals surface area contributed by atoms with Crippen molar-refractivity contribution in [2.24, 2.45) is 5.92 Å². The minimum atomic E-state index is -0.425. The summed E-state index contributed by atoms with van der Waals surface area (Å²) in [7, 11) is 0. The number of halogens is 1. The van der Waals surface area contributed by atoms with Gasteiger partial charge in [-0.3, -0.25) is 0 Å². The van der Waals surface area contributed by atoms with Crippen molar-refractivity contribution in [1.29, 1.82) is 0 Å². The maximum absolute atomic E-state index is 6.34. The van der Waals surface area contributed by atoms with Gasteiger partial charge in [0, 0.05) is 17.5 Å². The quantitative estimate of drug-likeness (QED) is 0.830. The molecule has 1 aromatic rings. The number of ether oxygens (including phenoxy) is 4. The fourth-order valence-corrected chi connectivity index (χ4v) is 3.12. The Hall–Kier alpha value is -0.970. The number of benzene rings is 1. The molecule has 5 heteroatoms. The van der Waals surface area contributed by atoms with Gasteiger partial charge in [-0.25, -0.2) is 0 Å². The van der Waals surface area contributed by atoms with Crippen LogP contribution in [-0.4, -0.2) is 19.5 Å². The van der Waals surface area contributed by atoms with Crippen LogP contribution in [0.5, 0.6) is 11.5 Å². The average molecular weight is 313 g/mol. The van der Waals surface area contributed by atoms with Crippen LogP contribution in [0.4, 0.5) is 0 Å². The van der Waals surface area contributed by atoms with Gasteiger partial charge in [-0.05, 0) is 18.9 Å². The zero-order valence-electron chi connectivity index (χ0n) is 12.4. The third-order valence-corrected chi connectivity index (χ3v) is 4.46. The van der Waals surface area contributed by atoms with Crippen LogP contribution in [0.15, 0.2) is 12.1 Å². The molecule has 116 valence electrons. The summed E-state index contributed by atoms with van der Waals surface area (Å²) >= 11 is 6.34. The Bertz CT molecular complexity index is 505. The molecular formula is C16H21ClO4. The van der Waals surface area contributed by atoms with Crippen molar-refractivity contribution in [3.05, 3.63) is 22.7 Å². The highest BCUT2D eigenvalue weighted by Gasteiger charge is 2.33. The van der Waals surface area contributed by atoms with E-state index in [1.807, 2.05) is 6.07 Å². The van der Waals surface area contributed by atoms with E-state index in [1.165, 1.54) is 0 Å². The summed E-state index contributed by atoms with van der Waals surface area (Å²) < 4.78 is 22.8. The number of hydrogen-bond donors (Lipinski definition) is 0. The van der Waals surface area contributed by atoms with E-state index in [0.717, 1.165) is 24.8 Å². The summed E-state index contributed by atoms with van der Waals surface area (Å²) in [6.45, 7) is 5.29. The summed E-state index contributed by atoms with van der Waals surface area (Å²) in [5.74, 6) is 1.83. The van der Waals surface area contributed by atoms with E-state index in [4.69, 9.17) is 30.5 Å². The van der Waals surface area contributed by atoms with Crippen molar-refractivity contribution in [1.82, 2.24) is 0 Å². The SMILES string of the molecule is CCC[C@H]1O[C@@H](c2cc3c(cc2Cl)OCO3)OC[C@H]1CC. The zero-order valence-corrected chi connectivity index (χ0v) is 13.2. The Morgan fingerprint density at radius 1 is 1.19 bits per heavy atom. The fourth-order valence-electron chi connectivity index (χ4n) is 2.87. The predicted molar refractivity (Wildman–Crippen MR) is 79.8 cm³/mol. The standard InChI is InChI=1S/C16H21ClO4/c1-3-5-13-10(4-2)8-18-16(21-13)11-6-14-15(7-12(11)17)20-9-19-14/h6-7,10,13,16H,3-5,8-9H2,1-2H3/t10-,13-,16+/m1/s1. The van der Waals surface area contributed by atoms with Gasteiger partial charge in [0.05, 0.1) is 17.7 Å². The molecule has 0 N–H and O–H groups in total. The third-order valence-electron chi connectivity index (χ3n) is 4.13. The minimum Gasteiger partial charge on any atom is -0.454 e. The van der Waals surface area contributed by atoms with Gasteiger partial charge in [0.25, 0.3) is 0 Å². The molecule has 0 aliphatic carbocycles. The zero-order chi connectivity index (χ0) is 14.8. The minimum absolute atomic E-state index is 0.222. The third kappa shape index (κ3) is 2.98. The number of fused-ring (bicyclic) bond motifs is 1. The van der Waals surface area contributed by atoms with Crippen molar-refractivity contribution in [2.75, 3.05) is 13.4 Å². The van der Waals surface area contributed by atoms with Gasteiger partial charge in [-0.2, -0.15) is 0 Å². The number of rotatable bonds is 4. The maximum Gasteiger partial charge on any atom is 0.231 e. The second kappa shape index (κ2) is 6.42. The summed E-state index contributed by atoms with van der Waals surface area (Å²) in [6.07, 6.45) is 3.00. The molecule has 0 bridgehead atoms. The second-order valence-electron chi connectivity index (χ2n) is 5.52. The molecule has 2 aliphatic rings. The lowest BCUT2D eigenvalue weighted by Gasteiger charge is -2.36. The molecule has 0 aromatic heterocycles. The first kappa shape index (κ1) is 14.9. The Kier molecular flexibility index (Phi) is 4.57. The summed E-state index contributed by atoms with van der Waals surface area (Å²) in [6, 6.07) is 3.64. The predicted octanol–water partition coefficient (Wildman–Crippen LogP) is 4.31. The van der Waals surface area contributed by atoms with E-state index in [-0.39, 0.29) is 12.9 Å². The molecule has 0 amide bonds. The molecule has 3 rings (SSSR count). The first-order valence-corrected chi connectivity index (χ1v) is 7.96. The van der Waals surface area contributed by atoms with Gasteiger partial charge in [-0.15, -0.1) is 0 Å². The molecule has 2 heterocycles. The first-order valence-electron chi connectivity index (χ1n) is 7.59. The Morgan fingerprint density at radius 3 is 2.67 bits per heavy atom. The van der Waals surface area contributed by atoms with Crippen LogP contribution in [0.2, 0.25) is 5.02 Å². The molecule has 3 atom stereocenters. The lowest BCUT2D eigenvalue weighted by Crippen LogP contribution is -2.35. The molecule has 1 fully saturated rings.